The average Bonchev–Trinajstić information content (AvgIpc) is 2.72. The van der Waals surface area contributed by atoms with E-state index in [0.717, 1.165) is 29.1 Å². The number of ether oxygens (including phenoxy) is 1. The van der Waals surface area contributed by atoms with Crippen molar-refractivity contribution >= 4 is 0 Å². The third-order valence-electron chi connectivity index (χ3n) is 2.78. The van der Waals surface area contributed by atoms with Gasteiger partial charge >= 0.3 is 0 Å². The molecule has 17 heavy (non-hydrogen) atoms. The van der Waals surface area contributed by atoms with Crippen LogP contribution in [0, 0.1) is 0 Å². The fourth-order valence-electron chi connectivity index (χ4n) is 1.90. The van der Waals surface area contributed by atoms with E-state index in [2.05, 4.69) is 4.98 Å². The fourth-order valence-corrected chi connectivity index (χ4v) is 1.90. The van der Waals surface area contributed by atoms with Gasteiger partial charge in [-0.3, -0.25) is 0 Å². The number of rotatable bonds is 4. The Bertz CT molecular complexity index is 505. The Morgan fingerprint density at radius 3 is 2.94 bits per heavy atom. The molecule has 2 aromatic rings. The van der Waals surface area contributed by atoms with Crippen LogP contribution < -0.4 is 10.5 Å². The quantitative estimate of drug-likeness (QED) is 0.869. The standard InChI is InChI=1S/C13H17N3O/c1-16-9-15-13(12(16)6-7-14)10-4-3-5-11(8-10)17-2/h3-5,8-9H,6-7,14H2,1-2H3. The van der Waals surface area contributed by atoms with Crippen LogP contribution in [-0.4, -0.2) is 23.2 Å². The minimum atomic E-state index is 0.622. The molecular weight excluding hydrogens is 214 g/mol. The number of aromatic nitrogens is 2. The first kappa shape index (κ1) is 11.7. The second-order valence-corrected chi connectivity index (χ2v) is 3.92. The van der Waals surface area contributed by atoms with Crippen molar-refractivity contribution in [2.24, 2.45) is 12.8 Å². The second-order valence-electron chi connectivity index (χ2n) is 3.92. The molecule has 2 N–H and O–H groups in total. The van der Waals surface area contributed by atoms with Crippen LogP contribution in [0.5, 0.6) is 5.75 Å². The summed E-state index contributed by atoms with van der Waals surface area (Å²) in [6.07, 6.45) is 2.64. The molecule has 4 heteroatoms. The summed E-state index contributed by atoms with van der Waals surface area (Å²) in [4.78, 5) is 4.43. The van der Waals surface area contributed by atoms with E-state index < -0.39 is 0 Å². The monoisotopic (exact) mass is 231 g/mol. The zero-order chi connectivity index (χ0) is 12.3. The lowest BCUT2D eigenvalue weighted by atomic mass is 10.1. The lowest BCUT2D eigenvalue weighted by molar-refractivity contribution is 0.415. The SMILES string of the molecule is COc1cccc(-c2ncn(C)c2CCN)c1. The highest BCUT2D eigenvalue weighted by Crippen LogP contribution is 2.25. The number of hydrogen-bond acceptors (Lipinski definition) is 3. The van der Waals surface area contributed by atoms with Crippen molar-refractivity contribution in [3.05, 3.63) is 36.3 Å². The third-order valence-corrected chi connectivity index (χ3v) is 2.78. The van der Waals surface area contributed by atoms with Crippen LogP contribution in [0.1, 0.15) is 5.69 Å². The molecule has 1 aromatic heterocycles. The highest BCUT2D eigenvalue weighted by Gasteiger charge is 2.10. The van der Waals surface area contributed by atoms with E-state index in [1.54, 1.807) is 7.11 Å². The van der Waals surface area contributed by atoms with E-state index in [4.69, 9.17) is 10.5 Å². The summed E-state index contributed by atoms with van der Waals surface area (Å²) in [5, 5.41) is 0. The van der Waals surface area contributed by atoms with Crippen molar-refractivity contribution in [3.8, 4) is 17.0 Å². The summed E-state index contributed by atoms with van der Waals surface area (Å²) in [6, 6.07) is 7.91. The topological polar surface area (TPSA) is 53.1 Å². The summed E-state index contributed by atoms with van der Waals surface area (Å²) in [7, 11) is 3.65. The van der Waals surface area contributed by atoms with Gasteiger partial charge in [-0.15, -0.1) is 0 Å². The van der Waals surface area contributed by atoms with Crippen molar-refractivity contribution < 1.29 is 4.74 Å². The van der Waals surface area contributed by atoms with E-state index in [9.17, 15) is 0 Å². The molecule has 0 saturated carbocycles. The number of imidazole rings is 1. The molecule has 1 heterocycles. The molecule has 0 bridgehead atoms. The molecule has 0 fully saturated rings. The molecular formula is C13H17N3O. The van der Waals surface area contributed by atoms with Crippen molar-refractivity contribution in [3.63, 3.8) is 0 Å². The van der Waals surface area contributed by atoms with E-state index in [-0.39, 0.29) is 0 Å². The fraction of sp³-hybridized carbons (Fsp3) is 0.308. The van der Waals surface area contributed by atoms with Crippen LogP contribution >= 0.6 is 0 Å². The van der Waals surface area contributed by atoms with E-state index in [1.807, 2.05) is 42.2 Å². The summed E-state index contributed by atoms with van der Waals surface area (Å²) in [6.45, 7) is 0.622. The Hall–Kier alpha value is -1.81. The molecule has 0 aliphatic heterocycles. The zero-order valence-corrected chi connectivity index (χ0v) is 10.2. The Morgan fingerprint density at radius 2 is 2.24 bits per heavy atom. The Kier molecular flexibility index (Phi) is 3.44. The van der Waals surface area contributed by atoms with Crippen molar-refractivity contribution in [2.75, 3.05) is 13.7 Å². The highest BCUT2D eigenvalue weighted by molar-refractivity contribution is 5.63. The largest absolute Gasteiger partial charge is 0.497 e. The molecule has 0 unspecified atom stereocenters. The summed E-state index contributed by atoms with van der Waals surface area (Å²) in [5.41, 5.74) is 8.83. The summed E-state index contributed by atoms with van der Waals surface area (Å²) >= 11 is 0. The van der Waals surface area contributed by atoms with Crippen molar-refractivity contribution in [2.45, 2.75) is 6.42 Å². The number of methoxy groups -OCH3 is 1. The van der Waals surface area contributed by atoms with Crippen LogP contribution in [0.15, 0.2) is 30.6 Å². The van der Waals surface area contributed by atoms with Gasteiger partial charge in [-0.25, -0.2) is 4.98 Å². The van der Waals surface area contributed by atoms with Gasteiger partial charge in [0.2, 0.25) is 0 Å². The minimum Gasteiger partial charge on any atom is -0.497 e. The van der Waals surface area contributed by atoms with Gasteiger partial charge in [0.15, 0.2) is 0 Å². The van der Waals surface area contributed by atoms with Gasteiger partial charge in [0.1, 0.15) is 5.75 Å². The van der Waals surface area contributed by atoms with Gasteiger partial charge in [-0.05, 0) is 18.7 Å². The first-order valence-electron chi connectivity index (χ1n) is 5.61. The molecule has 0 aliphatic carbocycles. The maximum absolute atomic E-state index is 5.63. The lowest BCUT2D eigenvalue weighted by Gasteiger charge is -2.06. The molecule has 2 rings (SSSR count). The van der Waals surface area contributed by atoms with Gasteiger partial charge in [0.05, 0.1) is 19.1 Å². The van der Waals surface area contributed by atoms with Gasteiger partial charge in [0, 0.05) is 24.7 Å². The molecule has 0 atom stereocenters. The zero-order valence-electron chi connectivity index (χ0n) is 10.2. The van der Waals surface area contributed by atoms with Crippen molar-refractivity contribution in [1.82, 2.24) is 9.55 Å². The molecule has 0 saturated heterocycles. The minimum absolute atomic E-state index is 0.622. The van der Waals surface area contributed by atoms with Crippen LogP contribution in [0.4, 0.5) is 0 Å². The van der Waals surface area contributed by atoms with Crippen LogP contribution in [0.3, 0.4) is 0 Å². The van der Waals surface area contributed by atoms with Crippen LogP contribution in [-0.2, 0) is 13.5 Å². The Balaban J connectivity index is 2.44. The van der Waals surface area contributed by atoms with Crippen LogP contribution in [0.25, 0.3) is 11.3 Å². The van der Waals surface area contributed by atoms with Gasteiger partial charge in [0.25, 0.3) is 0 Å². The molecule has 0 amide bonds. The molecule has 0 spiro atoms. The molecule has 0 aliphatic rings. The molecule has 90 valence electrons. The first-order valence-corrected chi connectivity index (χ1v) is 5.61. The van der Waals surface area contributed by atoms with E-state index in [0.29, 0.717) is 6.54 Å². The smallest absolute Gasteiger partial charge is 0.119 e. The number of hydrogen-bond donors (Lipinski definition) is 1. The average molecular weight is 231 g/mol. The van der Waals surface area contributed by atoms with Crippen LogP contribution in [0.2, 0.25) is 0 Å². The normalized spacial score (nSPS) is 10.5. The lowest BCUT2D eigenvalue weighted by Crippen LogP contribution is -2.07. The maximum atomic E-state index is 5.63. The van der Waals surface area contributed by atoms with E-state index in [1.165, 1.54) is 0 Å². The number of aryl methyl sites for hydroxylation is 1. The van der Waals surface area contributed by atoms with Gasteiger partial charge < -0.3 is 15.0 Å². The predicted molar refractivity (Wildman–Crippen MR) is 68.0 cm³/mol. The highest BCUT2D eigenvalue weighted by atomic mass is 16.5. The number of nitrogens with zero attached hydrogens (tertiary/aromatic N) is 2. The predicted octanol–water partition coefficient (Wildman–Crippen LogP) is 1.60. The van der Waals surface area contributed by atoms with E-state index >= 15 is 0 Å². The third kappa shape index (κ3) is 2.31. The summed E-state index contributed by atoms with van der Waals surface area (Å²) < 4.78 is 7.24. The van der Waals surface area contributed by atoms with Crippen molar-refractivity contribution in [1.29, 1.82) is 0 Å². The first-order chi connectivity index (χ1) is 8.26. The molecule has 0 radical (unpaired) electrons. The maximum Gasteiger partial charge on any atom is 0.119 e. The Labute approximate surface area is 101 Å². The molecule has 1 aromatic carbocycles. The molecule has 4 nitrogen and oxygen atoms in total. The van der Waals surface area contributed by atoms with Gasteiger partial charge in [-0.1, -0.05) is 12.1 Å². The summed E-state index contributed by atoms with van der Waals surface area (Å²) in [5.74, 6) is 0.840. The number of benzene rings is 1. The number of nitrogens with two attached hydrogens (primary N) is 1. The van der Waals surface area contributed by atoms with Gasteiger partial charge in [-0.2, -0.15) is 0 Å². The second kappa shape index (κ2) is 5.01. The Morgan fingerprint density at radius 1 is 1.41 bits per heavy atom.